The first kappa shape index (κ1) is 24.0. The maximum Gasteiger partial charge on any atom is 0.236 e. The van der Waals surface area contributed by atoms with E-state index < -0.39 is 0 Å². The number of rotatable bonds is 4. The van der Waals surface area contributed by atoms with Crippen molar-refractivity contribution in [3.05, 3.63) is 29.6 Å². The van der Waals surface area contributed by atoms with Gasteiger partial charge in [0.2, 0.25) is 11.8 Å². The molecule has 10 heteroatoms. The third kappa shape index (κ3) is 7.44. The molecule has 1 N–H and O–H groups in total. The van der Waals surface area contributed by atoms with Gasteiger partial charge in [0.25, 0.3) is 0 Å². The smallest absolute Gasteiger partial charge is 0.236 e. The summed E-state index contributed by atoms with van der Waals surface area (Å²) in [6, 6.07) is 6.04. The highest BCUT2D eigenvalue weighted by Gasteiger charge is 2.22. The summed E-state index contributed by atoms with van der Waals surface area (Å²) >= 11 is 0. The Hall–Kier alpha value is -2.11. The molecule has 33 heavy (non-hydrogen) atoms. The fraction of sp³-hybridized carbons (Fsp3) is 0.696. The number of nitrogens with zero attached hydrogens (tertiary/aromatic N) is 5. The molecule has 3 aliphatic heterocycles. The zero-order valence-corrected chi connectivity index (χ0v) is 19.4. The van der Waals surface area contributed by atoms with Crippen molar-refractivity contribution < 1.29 is 19.1 Å². The van der Waals surface area contributed by atoms with Gasteiger partial charge in [-0.25, -0.2) is 0 Å². The van der Waals surface area contributed by atoms with Crippen molar-refractivity contribution >= 4 is 11.8 Å². The zero-order chi connectivity index (χ0) is 22.9. The highest BCUT2D eigenvalue weighted by atomic mass is 16.5. The van der Waals surface area contributed by atoms with Gasteiger partial charge in [-0.3, -0.25) is 24.4 Å². The minimum absolute atomic E-state index is 0.148. The van der Waals surface area contributed by atoms with Gasteiger partial charge in [0.15, 0.2) is 0 Å². The molecular weight excluding hydrogens is 424 g/mol. The van der Waals surface area contributed by atoms with Gasteiger partial charge in [0.1, 0.15) is 0 Å². The van der Waals surface area contributed by atoms with E-state index in [0.717, 1.165) is 37.6 Å². The Balaban J connectivity index is 1.38. The second-order valence-corrected chi connectivity index (χ2v) is 8.78. The number of hydrogen-bond acceptors (Lipinski definition) is 8. The SMILES string of the molecule is O=C(CN1CCNCCN(CC(=O)N2CCOCC2)Cc2cccc(n2)C1)N1CCOCC1. The molecule has 0 aromatic carbocycles. The van der Waals surface area contributed by atoms with Crippen LogP contribution in [0.2, 0.25) is 0 Å². The Morgan fingerprint density at radius 3 is 1.67 bits per heavy atom. The van der Waals surface area contributed by atoms with Crippen LogP contribution in [0, 0.1) is 0 Å². The summed E-state index contributed by atoms with van der Waals surface area (Å²) in [6.07, 6.45) is 0. The molecule has 0 unspecified atom stereocenters. The second kappa shape index (κ2) is 12.4. The molecular formula is C23H36N6O4. The molecule has 10 nitrogen and oxygen atoms in total. The number of aromatic nitrogens is 1. The number of ether oxygens (including phenoxy) is 2. The second-order valence-electron chi connectivity index (χ2n) is 8.78. The summed E-state index contributed by atoms with van der Waals surface area (Å²) in [7, 11) is 0. The Bertz CT molecular complexity index is 723. The monoisotopic (exact) mass is 460 g/mol. The van der Waals surface area contributed by atoms with Crippen molar-refractivity contribution in [3.63, 3.8) is 0 Å². The Labute approximate surface area is 195 Å². The van der Waals surface area contributed by atoms with Crippen LogP contribution in [0.1, 0.15) is 11.4 Å². The first-order valence-corrected chi connectivity index (χ1v) is 12.0. The van der Waals surface area contributed by atoms with Crippen molar-refractivity contribution in [2.45, 2.75) is 13.1 Å². The highest BCUT2D eigenvalue weighted by molar-refractivity contribution is 5.78. The fourth-order valence-electron chi connectivity index (χ4n) is 4.40. The maximum absolute atomic E-state index is 12.8. The molecule has 1 aromatic heterocycles. The number of carbonyl (C=O) groups excluding carboxylic acids is 2. The molecule has 0 aliphatic carbocycles. The van der Waals surface area contributed by atoms with Crippen molar-refractivity contribution in [1.82, 2.24) is 29.9 Å². The minimum Gasteiger partial charge on any atom is -0.378 e. The van der Waals surface area contributed by atoms with Gasteiger partial charge in [-0.05, 0) is 12.1 Å². The number of amides is 2. The maximum atomic E-state index is 12.8. The first-order valence-electron chi connectivity index (χ1n) is 12.0. The molecule has 2 fully saturated rings. The molecule has 2 bridgehead atoms. The first-order chi connectivity index (χ1) is 16.2. The van der Waals surface area contributed by atoms with Gasteiger partial charge in [-0.2, -0.15) is 0 Å². The van der Waals surface area contributed by atoms with Gasteiger partial charge < -0.3 is 24.6 Å². The predicted molar refractivity (Wildman–Crippen MR) is 122 cm³/mol. The van der Waals surface area contributed by atoms with Crippen LogP contribution in [0.4, 0.5) is 0 Å². The summed E-state index contributed by atoms with van der Waals surface area (Å²) in [5.41, 5.74) is 1.89. The topological polar surface area (TPSA) is 90.5 Å². The van der Waals surface area contributed by atoms with E-state index in [2.05, 4.69) is 15.1 Å². The molecule has 182 valence electrons. The zero-order valence-electron chi connectivity index (χ0n) is 19.4. The van der Waals surface area contributed by atoms with Crippen LogP contribution in [-0.4, -0.2) is 128 Å². The quantitative estimate of drug-likeness (QED) is 0.613. The lowest BCUT2D eigenvalue weighted by Crippen LogP contribution is -2.48. The standard InChI is InChI=1S/C23H36N6O4/c30-22(28-8-12-32-13-9-28)18-26-6-4-24-5-7-27(17-21-3-1-2-20(16-26)25-21)19-23(31)29-10-14-33-15-11-29/h1-3,24H,4-19H2. The predicted octanol–water partition coefficient (Wildman–Crippen LogP) is -0.994. The summed E-state index contributed by atoms with van der Waals surface area (Å²) in [5, 5.41) is 3.48. The Kier molecular flexibility index (Phi) is 9.01. The molecule has 4 heterocycles. The molecule has 4 rings (SSSR count). The fourth-order valence-corrected chi connectivity index (χ4v) is 4.40. The number of nitrogens with one attached hydrogen (secondary N) is 1. The van der Waals surface area contributed by atoms with E-state index in [1.54, 1.807) is 0 Å². The number of pyridine rings is 1. The van der Waals surface area contributed by atoms with E-state index in [1.807, 2.05) is 28.0 Å². The Morgan fingerprint density at radius 1 is 0.758 bits per heavy atom. The van der Waals surface area contributed by atoms with Gasteiger partial charge in [-0.1, -0.05) is 6.07 Å². The van der Waals surface area contributed by atoms with Crippen LogP contribution in [-0.2, 0) is 32.2 Å². The Morgan fingerprint density at radius 2 is 1.21 bits per heavy atom. The van der Waals surface area contributed by atoms with Crippen molar-refractivity contribution in [1.29, 1.82) is 0 Å². The number of fused-ring (bicyclic) bond motifs is 2. The number of morpholine rings is 2. The third-order valence-electron chi connectivity index (χ3n) is 6.29. The normalized spacial score (nSPS) is 21.8. The van der Waals surface area contributed by atoms with E-state index >= 15 is 0 Å². The van der Waals surface area contributed by atoms with E-state index in [4.69, 9.17) is 14.5 Å². The molecule has 0 spiro atoms. The number of hydrogen-bond donors (Lipinski definition) is 1. The average Bonchev–Trinajstić information content (AvgIpc) is 2.84. The van der Waals surface area contributed by atoms with Gasteiger partial charge >= 0.3 is 0 Å². The van der Waals surface area contributed by atoms with Crippen molar-refractivity contribution in [3.8, 4) is 0 Å². The van der Waals surface area contributed by atoms with Crippen molar-refractivity contribution in [2.24, 2.45) is 0 Å². The van der Waals surface area contributed by atoms with E-state index in [-0.39, 0.29) is 11.8 Å². The summed E-state index contributed by atoms with van der Waals surface area (Å²) in [6.45, 7) is 10.2. The van der Waals surface area contributed by atoms with Gasteiger partial charge in [0.05, 0.1) is 50.9 Å². The van der Waals surface area contributed by atoms with Crippen molar-refractivity contribution in [2.75, 3.05) is 91.9 Å². The van der Waals surface area contributed by atoms with Crippen LogP contribution >= 0.6 is 0 Å². The number of carbonyl (C=O) groups is 2. The largest absolute Gasteiger partial charge is 0.378 e. The highest BCUT2D eigenvalue weighted by Crippen LogP contribution is 2.09. The summed E-state index contributed by atoms with van der Waals surface area (Å²) in [5.74, 6) is 0.295. The molecule has 0 radical (unpaired) electrons. The average molecular weight is 461 g/mol. The van der Waals surface area contributed by atoms with Crippen LogP contribution in [0.5, 0.6) is 0 Å². The van der Waals surface area contributed by atoms with Crippen LogP contribution < -0.4 is 5.32 Å². The van der Waals surface area contributed by atoms with Gasteiger partial charge in [0, 0.05) is 65.4 Å². The summed E-state index contributed by atoms with van der Waals surface area (Å²) in [4.78, 5) is 38.5. The van der Waals surface area contributed by atoms with Crippen LogP contribution in [0.3, 0.4) is 0 Å². The minimum atomic E-state index is 0.148. The molecule has 1 aromatic rings. The van der Waals surface area contributed by atoms with Crippen LogP contribution in [0.25, 0.3) is 0 Å². The van der Waals surface area contributed by atoms with E-state index in [9.17, 15) is 9.59 Å². The summed E-state index contributed by atoms with van der Waals surface area (Å²) < 4.78 is 10.7. The molecule has 2 amide bonds. The lowest BCUT2D eigenvalue weighted by Gasteiger charge is -2.31. The third-order valence-corrected chi connectivity index (χ3v) is 6.29. The lowest BCUT2D eigenvalue weighted by molar-refractivity contribution is -0.137. The van der Waals surface area contributed by atoms with E-state index in [0.29, 0.717) is 78.8 Å². The molecule has 2 saturated heterocycles. The van der Waals surface area contributed by atoms with E-state index in [1.165, 1.54) is 0 Å². The molecule has 0 saturated carbocycles. The molecule has 3 aliphatic rings. The van der Waals surface area contributed by atoms with Gasteiger partial charge in [-0.15, -0.1) is 0 Å². The lowest BCUT2D eigenvalue weighted by atomic mass is 10.2. The van der Waals surface area contributed by atoms with Crippen LogP contribution in [0.15, 0.2) is 18.2 Å². The molecule has 0 atom stereocenters.